The zero-order chi connectivity index (χ0) is 14.8. The van der Waals surface area contributed by atoms with Gasteiger partial charge in [-0.1, -0.05) is 18.2 Å². The molecule has 1 atom stereocenters. The summed E-state index contributed by atoms with van der Waals surface area (Å²) in [6.07, 6.45) is 2.67. The van der Waals surface area contributed by atoms with Gasteiger partial charge in [0.15, 0.2) is 0 Å². The van der Waals surface area contributed by atoms with E-state index >= 15 is 0 Å². The number of benzene rings is 1. The van der Waals surface area contributed by atoms with Gasteiger partial charge >= 0.3 is 0 Å². The number of nitrogens with two attached hydrogens (primary N) is 1. The molecule has 21 heavy (non-hydrogen) atoms. The Balaban J connectivity index is 1.78. The summed E-state index contributed by atoms with van der Waals surface area (Å²) in [7, 11) is 1.94. The number of hydrogen-bond donors (Lipinski definition) is 1. The van der Waals surface area contributed by atoms with Gasteiger partial charge < -0.3 is 5.73 Å². The maximum Gasteiger partial charge on any atom is 0.0800 e. The van der Waals surface area contributed by atoms with Crippen LogP contribution in [0, 0.1) is 6.92 Å². The Kier molecular flexibility index (Phi) is 3.58. The largest absolute Gasteiger partial charge is 0.322 e. The highest BCUT2D eigenvalue weighted by atomic mass is 15.3. The van der Waals surface area contributed by atoms with Gasteiger partial charge in [-0.15, -0.1) is 0 Å². The third-order valence-electron chi connectivity index (χ3n) is 3.54. The van der Waals surface area contributed by atoms with Crippen molar-refractivity contribution in [2.45, 2.75) is 19.4 Å². The fourth-order valence-corrected chi connectivity index (χ4v) is 2.45. The van der Waals surface area contributed by atoms with E-state index in [1.807, 2.05) is 65.9 Å². The fraction of sp³-hybridized carbons (Fsp3) is 0.250. The molecule has 0 fully saturated rings. The van der Waals surface area contributed by atoms with Gasteiger partial charge in [0.1, 0.15) is 0 Å². The van der Waals surface area contributed by atoms with E-state index in [4.69, 9.17) is 5.73 Å². The van der Waals surface area contributed by atoms with Crippen LogP contribution in [0.15, 0.2) is 48.7 Å². The zero-order valence-electron chi connectivity index (χ0n) is 12.3. The maximum atomic E-state index is 6.28. The van der Waals surface area contributed by atoms with E-state index in [1.165, 1.54) is 0 Å². The molecule has 0 saturated carbocycles. The van der Waals surface area contributed by atoms with Crippen LogP contribution in [0.3, 0.4) is 0 Å². The smallest absolute Gasteiger partial charge is 0.0800 e. The maximum absolute atomic E-state index is 6.28. The molecular formula is C16H19N5. The normalized spacial score (nSPS) is 12.5. The number of aryl methyl sites for hydroxylation is 2. The van der Waals surface area contributed by atoms with Crippen molar-refractivity contribution in [2.24, 2.45) is 12.8 Å². The zero-order valence-corrected chi connectivity index (χ0v) is 12.3. The molecule has 5 nitrogen and oxygen atoms in total. The van der Waals surface area contributed by atoms with Crippen molar-refractivity contribution in [3.05, 3.63) is 65.7 Å². The van der Waals surface area contributed by atoms with Gasteiger partial charge in [-0.2, -0.15) is 10.2 Å². The lowest BCUT2D eigenvalue weighted by atomic mass is 10.1. The summed E-state index contributed by atoms with van der Waals surface area (Å²) < 4.78 is 3.73. The number of nitrogens with zero attached hydrogens (tertiary/aromatic N) is 4. The molecule has 1 unspecified atom stereocenters. The third-order valence-corrected chi connectivity index (χ3v) is 3.54. The van der Waals surface area contributed by atoms with E-state index < -0.39 is 0 Å². The van der Waals surface area contributed by atoms with Crippen molar-refractivity contribution >= 4 is 0 Å². The molecule has 5 heteroatoms. The second-order valence-electron chi connectivity index (χ2n) is 5.23. The molecule has 3 rings (SSSR count). The Morgan fingerprint density at radius 1 is 1.14 bits per heavy atom. The second-order valence-corrected chi connectivity index (χ2v) is 5.23. The summed E-state index contributed by atoms with van der Waals surface area (Å²) in [6, 6.07) is 13.9. The topological polar surface area (TPSA) is 61.7 Å². The van der Waals surface area contributed by atoms with Gasteiger partial charge in [-0.3, -0.25) is 4.68 Å². The van der Waals surface area contributed by atoms with Crippen molar-refractivity contribution in [1.29, 1.82) is 0 Å². The number of hydrogen-bond acceptors (Lipinski definition) is 3. The third kappa shape index (κ3) is 2.87. The monoisotopic (exact) mass is 281 g/mol. The molecule has 2 N–H and O–H groups in total. The summed E-state index contributed by atoms with van der Waals surface area (Å²) in [6.45, 7) is 1.99. The summed E-state index contributed by atoms with van der Waals surface area (Å²) in [4.78, 5) is 0. The van der Waals surface area contributed by atoms with Crippen LogP contribution in [0.5, 0.6) is 0 Å². The number of rotatable bonds is 4. The molecule has 108 valence electrons. The first-order valence-corrected chi connectivity index (χ1v) is 6.99. The molecule has 0 spiro atoms. The van der Waals surface area contributed by atoms with E-state index in [0.29, 0.717) is 0 Å². The minimum Gasteiger partial charge on any atom is -0.322 e. The molecule has 0 amide bonds. The summed E-state index contributed by atoms with van der Waals surface area (Å²) in [5.74, 6) is 0. The number of para-hydroxylation sites is 1. The molecular weight excluding hydrogens is 262 g/mol. The minimum atomic E-state index is -0.134. The van der Waals surface area contributed by atoms with E-state index in [2.05, 4.69) is 16.3 Å². The van der Waals surface area contributed by atoms with E-state index in [-0.39, 0.29) is 6.04 Å². The average molecular weight is 281 g/mol. The molecule has 0 aliphatic rings. The van der Waals surface area contributed by atoms with Crippen LogP contribution in [0.1, 0.15) is 23.1 Å². The second kappa shape index (κ2) is 5.54. The highest BCUT2D eigenvalue weighted by Crippen LogP contribution is 2.16. The molecule has 1 aromatic carbocycles. The molecule has 0 aliphatic heterocycles. The van der Waals surface area contributed by atoms with Crippen molar-refractivity contribution in [3.8, 4) is 5.69 Å². The Hall–Kier alpha value is -2.40. The lowest BCUT2D eigenvalue weighted by Gasteiger charge is -2.09. The van der Waals surface area contributed by atoms with Crippen LogP contribution >= 0.6 is 0 Å². The van der Waals surface area contributed by atoms with Gasteiger partial charge in [0, 0.05) is 25.4 Å². The lowest BCUT2D eigenvalue weighted by molar-refractivity contribution is 0.622. The Labute approximate surface area is 124 Å². The number of aromatic nitrogens is 4. The van der Waals surface area contributed by atoms with Gasteiger partial charge in [0.05, 0.1) is 23.1 Å². The predicted octanol–water partition coefficient (Wildman–Crippen LogP) is 2.16. The summed E-state index contributed by atoms with van der Waals surface area (Å²) in [5, 5.41) is 8.92. The SMILES string of the molecule is Cc1cc(CC(N)c2ccn(-c3ccccc3)n2)n(C)n1. The first kappa shape index (κ1) is 13.6. The van der Waals surface area contributed by atoms with E-state index in [1.54, 1.807) is 0 Å². The molecule has 3 aromatic rings. The fourth-order valence-electron chi connectivity index (χ4n) is 2.45. The summed E-state index contributed by atoms with van der Waals surface area (Å²) in [5.41, 5.74) is 10.3. The van der Waals surface area contributed by atoms with Gasteiger partial charge in [0.2, 0.25) is 0 Å². The minimum absolute atomic E-state index is 0.134. The molecule has 2 heterocycles. The van der Waals surface area contributed by atoms with Gasteiger partial charge in [0.25, 0.3) is 0 Å². The highest BCUT2D eigenvalue weighted by Gasteiger charge is 2.13. The van der Waals surface area contributed by atoms with Crippen molar-refractivity contribution in [1.82, 2.24) is 19.6 Å². The molecule has 0 saturated heterocycles. The Morgan fingerprint density at radius 2 is 1.90 bits per heavy atom. The van der Waals surface area contributed by atoms with Crippen LogP contribution in [0.4, 0.5) is 0 Å². The molecule has 0 aliphatic carbocycles. The van der Waals surface area contributed by atoms with E-state index in [0.717, 1.165) is 29.2 Å². The van der Waals surface area contributed by atoms with Crippen molar-refractivity contribution in [3.63, 3.8) is 0 Å². The first-order chi connectivity index (χ1) is 10.1. The van der Waals surface area contributed by atoms with Crippen LogP contribution in [0.2, 0.25) is 0 Å². The van der Waals surface area contributed by atoms with E-state index in [9.17, 15) is 0 Å². The van der Waals surface area contributed by atoms with Crippen molar-refractivity contribution in [2.75, 3.05) is 0 Å². The van der Waals surface area contributed by atoms with Crippen LogP contribution in [0.25, 0.3) is 5.69 Å². The Bertz CT molecular complexity index is 726. The summed E-state index contributed by atoms with van der Waals surface area (Å²) >= 11 is 0. The van der Waals surface area contributed by atoms with Gasteiger partial charge in [-0.25, -0.2) is 4.68 Å². The predicted molar refractivity (Wildman–Crippen MR) is 82.1 cm³/mol. The van der Waals surface area contributed by atoms with Crippen LogP contribution in [-0.2, 0) is 13.5 Å². The quantitative estimate of drug-likeness (QED) is 0.797. The first-order valence-electron chi connectivity index (χ1n) is 6.99. The van der Waals surface area contributed by atoms with Crippen LogP contribution < -0.4 is 5.73 Å². The Morgan fingerprint density at radius 3 is 2.57 bits per heavy atom. The average Bonchev–Trinajstić information content (AvgIpc) is 3.07. The van der Waals surface area contributed by atoms with Crippen molar-refractivity contribution < 1.29 is 0 Å². The van der Waals surface area contributed by atoms with Gasteiger partial charge in [-0.05, 0) is 31.2 Å². The molecule has 0 bridgehead atoms. The lowest BCUT2D eigenvalue weighted by Crippen LogP contribution is -2.16. The van der Waals surface area contributed by atoms with Crippen LogP contribution in [-0.4, -0.2) is 19.6 Å². The standard InChI is InChI=1S/C16H19N5/c1-12-10-14(20(2)18-12)11-15(17)16-8-9-21(19-16)13-6-4-3-5-7-13/h3-10,15H,11,17H2,1-2H3. The molecule has 0 radical (unpaired) electrons. The highest BCUT2D eigenvalue weighted by molar-refractivity contribution is 5.30. The molecule has 2 aromatic heterocycles.